The monoisotopic (exact) mass is 403 g/mol. The third-order valence-electron chi connectivity index (χ3n) is 4.79. The van der Waals surface area contributed by atoms with Crippen molar-refractivity contribution in [3.8, 4) is 11.5 Å². The van der Waals surface area contributed by atoms with Crippen molar-refractivity contribution in [3.05, 3.63) is 46.2 Å². The van der Waals surface area contributed by atoms with Gasteiger partial charge in [0, 0.05) is 50.2 Å². The van der Waals surface area contributed by atoms with Crippen LogP contribution >= 0.6 is 11.3 Å². The number of ether oxygens (including phenoxy) is 2. The Morgan fingerprint density at radius 1 is 1.11 bits per heavy atom. The lowest BCUT2D eigenvalue weighted by Gasteiger charge is -2.35. The second kappa shape index (κ2) is 9.57. The van der Waals surface area contributed by atoms with Gasteiger partial charge in [0.2, 0.25) is 0 Å². The van der Waals surface area contributed by atoms with Crippen molar-refractivity contribution in [1.29, 1.82) is 0 Å². The Hall–Kier alpha value is -2.58. The lowest BCUT2D eigenvalue weighted by atomic mass is 10.1. The third-order valence-corrected chi connectivity index (χ3v) is 5.47. The molecular formula is C20H25N3O4S. The molecule has 0 radical (unpaired) electrons. The van der Waals surface area contributed by atoms with Gasteiger partial charge in [-0.1, -0.05) is 6.07 Å². The van der Waals surface area contributed by atoms with E-state index in [1.165, 1.54) is 18.4 Å². The van der Waals surface area contributed by atoms with Crippen LogP contribution in [0.3, 0.4) is 0 Å². The summed E-state index contributed by atoms with van der Waals surface area (Å²) in [5, 5.41) is 6.67. The Balaban J connectivity index is 1.49. The highest BCUT2D eigenvalue weighted by atomic mass is 32.1. The summed E-state index contributed by atoms with van der Waals surface area (Å²) in [5.74, 6) is 0.920. The van der Waals surface area contributed by atoms with Crippen molar-refractivity contribution >= 4 is 23.2 Å². The zero-order valence-electron chi connectivity index (χ0n) is 16.1. The van der Waals surface area contributed by atoms with Crippen molar-refractivity contribution in [2.45, 2.75) is 0 Å². The van der Waals surface area contributed by atoms with Gasteiger partial charge in [-0.05, 0) is 23.6 Å². The van der Waals surface area contributed by atoms with Gasteiger partial charge in [-0.25, -0.2) is 0 Å². The molecular weight excluding hydrogens is 378 g/mol. The molecule has 0 unspecified atom stereocenters. The molecule has 2 heterocycles. The Labute approximate surface area is 168 Å². The van der Waals surface area contributed by atoms with Crippen molar-refractivity contribution in [1.82, 2.24) is 15.1 Å². The number of thiophene rings is 1. The summed E-state index contributed by atoms with van der Waals surface area (Å²) in [6, 6.07) is 7.15. The van der Waals surface area contributed by atoms with Crippen LogP contribution in [0.4, 0.5) is 0 Å². The minimum Gasteiger partial charge on any atom is -0.493 e. The number of para-hydroxylation sites is 1. The quantitative estimate of drug-likeness (QED) is 0.765. The number of carbonyl (C=O) groups is 2. The minimum atomic E-state index is -0.0545. The summed E-state index contributed by atoms with van der Waals surface area (Å²) in [7, 11) is 3.10. The van der Waals surface area contributed by atoms with Gasteiger partial charge in [-0.3, -0.25) is 14.5 Å². The van der Waals surface area contributed by atoms with Gasteiger partial charge >= 0.3 is 0 Å². The van der Waals surface area contributed by atoms with E-state index in [0.29, 0.717) is 42.3 Å². The first kappa shape index (κ1) is 20.2. The summed E-state index contributed by atoms with van der Waals surface area (Å²) in [6.45, 7) is 4.17. The normalized spacial score (nSPS) is 14.6. The predicted octanol–water partition coefficient (Wildman–Crippen LogP) is 1.95. The molecule has 3 rings (SSSR count). The second-order valence-corrected chi connectivity index (χ2v) is 7.22. The highest BCUT2D eigenvalue weighted by molar-refractivity contribution is 7.08. The van der Waals surface area contributed by atoms with Crippen molar-refractivity contribution in [2.75, 3.05) is 53.5 Å². The molecule has 7 nitrogen and oxygen atoms in total. The van der Waals surface area contributed by atoms with E-state index in [2.05, 4.69) is 10.2 Å². The van der Waals surface area contributed by atoms with Crippen molar-refractivity contribution in [2.24, 2.45) is 0 Å². The van der Waals surface area contributed by atoms with Gasteiger partial charge < -0.3 is 19.7 Å². The summed E-state index contributed by atoms with van der Waals surface area (Å²) in [4.78, 5) is 28.9. The van der Waals surface area contributed by atoms with Gasteiger partial charge in [0.25, 0.3) is 11.8 Å². The number of benzene rings is 1. The number of nitrogens with zero attached hydrogens (tertiary/aromatic N) is 2. The molecule has 0 aliphatic carbocycles. The zero-order chi connectivity index (χ0) is 19.9. The minimum absolute atomic E-state index is 0.0415. The molecule has 1 aromatic carbocycles. The molecule has 0 saturated carbocycles. The average Bonchev–Trinajstić information content (AvgIpc) is 3.28. The van der Waals surface area contributed by atoms with Gasteiger partial charge in [0.05, 0.1) is 19.8 Å². The number of hydrogen-bond donors (Lipinski definition) is 1. The molecule has 0 bridgehead atoms. The Morgan fingerprint density at radius 2 is 1.89 bits per heavy atom. The van der Waals surface area contributed by atoms with Gasteiger partial charge in [-0.15, -0.1) is 0 Å². The molecule has 2 amide bonds. The maximum atomic E-state index is 12.9. The van der Waals surface area contributed by atoms with Crippen LogP contribution in [0.1, 0.15) is 20.7 Å². The highest BCUT2D eigenvalue weighted by Gasteiger charge is 2.25. The summed E-state index contributed by atoms with van der Waals surface area (Å²) in [5.41, 5.74) is 1.21. The maximum Gasteiger partial charge on any atom is 0.257 e. The summed E-state index contributed by atoms with van der Waals surface area (Å²) < 4.78 is 10.7. The SMILES string of the molecule is COc1cccc(C(=O)N2CCN(CCNC(=O)c3ccsc3)CC2)c1OC. The van der Waals surface area contributed by atoms with E-state index in [9.17, 15) is 9.59 Å². The molecule has 150 valence electrons. The summed E-state index contributed by atoms with van der Waals surface area (Å²) >= 11 is 1.51. The zero-order valence-corrected chi connectivity index (χ0v) is 17.0. The van der Waals surface area contributed by atoms with Gasteiger partial charge in [0.1, 0.15) is 0 Å². The first-order chi connectivity index (χ1) is 13.6. The van der Waals surface area contributed by atoms with Crippen LogP contribution in [-0.4, -0.2) is 75.1 Å². The number of rotatable bonds is 7. The molecule has 1 saturated heterocycles. The lowest BCUT2D eigenvalue weighted by Crippen LogP contribution is -2.50. The molecule has 1 aromatic heterocycles. The number of hydrogen-bond acceptors (Lipinski definition) is 6. The van der Waals surface area contributed by atoms with Crippen LogP contribution in [0.25, 0.3) is 0 Å². The smallest absolute Gasteiger partial charge is 0.257 e. The van der Waals surface area contributed by atoms with E-state index in [1.54, 1.807) is 25.3 Å². The molecule has 0 atom stereocenters. The second-order valence-electron chi connectivity index (χ2n) is 6.44. The van der Waals surface area contributed by atoms with Crippen LogP contribution in [0.15, 0.2) is 35.0 Å². The van der Waals surface area contributed by atoms with Crippen molar-refractivity contribution in [3.63, 3.8) is 0 Å². The standard InChI is InChI=1S/C20H25N3O4S/c1-26-17-5-3-4-16(18(17)27-2)20(25)23-11-9-22(10-12-23)8-7-21-19(24)15-6-13-28-14-15/h3-6,13-14H,7-12H2,1-2H3,(H,21,24). The number of nitrogens with one attached hydrogen (secondary N) is 1. The van der Waals surface area contributed by atoms with Gasteiger partial charge in [-0.2, -0.15) is 11.3 Å². The fraction of sp³-hybridized carbons (Fsp3) is 0.400. The molecule has 1 fully saturated rings. The van der Waals surface area contributed by atoms with E-state index in [1.807, 2.05) is 21.7 Å². The van der Waals surface area contributed by atoms with E-state index >= 15 is 0 Å². The molecule has 2 aromatic rings. The van der Waals surface area contributed by atoms with E-state index < -0.39 is 0 Å². The average molecular weight is 404 g/mol. The number of amides is 2. The Morgan fingerprint density at radius 3 is 2.54 bits per heavy atom. The fourth-order valence-corrected chi connectivity index (χ4v) is 3.86. The summed E-state index contributed by atoms with van der Waals surface area (Å²) in [6.07, 6.45) is 0. The molecule has 0 spiro atoms. The van der Waals surface area contributed by atoms with E-state index in [-0.39, 0.29) is 11.8 Å². The predicted molar refractivity (Wildman–Crippen MR) is 109 cm³/mol. The van der Waals surface area contributed by atoms with Crippen LogP contribution in [-0.2, 0) is 0 Å². The first-order valence-electron chi connectivity index (χ1n) is 9.17. The highest BCUT2D eigenvalue weighted by Crippen LogP contribution is 2.31. The Kier molecular flexibility index (Phi) is 6.89. The van der Waals surface area contributed by atoms with Crippen LogP contribution in [0.5, 0.6) is 11.5 Å². The van der Waals surface area contributed by atoms with Crippen LogP contribution in [0.2, 0.25) is 0 Å². The molecule has 1 N–H and O–H groups in total. The topological polar surface area (TPSA) is 71.1 Å². The number of methoxy groups -OCH3 is 2. The lowest BCUT2D eigenvalue weighted by molar-refractivity contribution is 0.0634. The molecule has 1 aliphatic rings. The fourth-order valence-electron chi connectivity index (χ4n) is 3.22. The van der Waals surface area contributed by atoms with E-state index in [4.69, 9.17) is 9.47 Å². The van der Waals surface area contributed by atoms with Gasteiger partial charge in [0.15, 0.2) is 11.5 Å². The maximum absolute atomic E-state index is 12.9. The van der Waals surface area contributed by atoms with Crippen molar-refractivity contribution < 1.29 is 19.1 Å². The van der Waals surface area contributed by atoms with Crippen LogP contribution < -0.4 is 14.8 Å². The largest absolute Gasteiger partial charge is 0.493 e. The molecule has 1 aliphatic heterocycles. The number of piperazine rings is 1. The molecule has 8 heteroatoms. The van der Waals surface area contributed by atoms with Crippen LogP contribution in [0, 0.1) is 0 Å². The third kappa shape index (κ3) is 4.63. The van der Waals surface area contributed by atoms with E-state index in [0.717, 1.165) is 19.6 Å². The molecule has 28 heavy (non-hydrogen) atoms. The first-order valence-corrected chi connectivity index (χ1v) is 10.1. The Bertz CT molecular complexity index is 802. The number of carbonyl (C=O) groups excluding carboxylic acids is 2.